The third kappa shape index (κ3) is 4.51. The van der Waals surface area contributed by atoms with Crippen LogP contribution in [-0.2, 0) is 14.3 Å². The van der Waals surface area contributed by atoms with Crippen molar-refractivity contribution in [1.29, 1.82) is 0 Å². The lowest BCUT2D eigenvalue weighted by Crippen LogP contribution is -2.20. The molecule has 1 aliphatic heterocycles. The van der Waals surface area contributed by atoms with Crippen molar-refractivity contribution in [3.05, 3.63) is 11.1 Å². The lowest BCUT2D eigenvalue weighted by Gasteiger charge is -2.24. The highest BCUT2D eigenvalue weighted by atomic mass is 16.5. The number of hydrogen-bond acceptors (Lipinski definition) is 3. The third-order valence-electron chi connectivity index (χ3n) is 7.14. The van der Waals surface area contributed by atoms with Crippen molar-refractivity contribution in [2.45, 2.75) is 71.6 Å². The van der Waals surface area contributed by atoms with Gasteiger partial charge in [0.15, 0.2) is 0 Å². The molecule has 3 atom stereocenters. The average molecular weight is 365 g/mol. The maximum absolute atomic E-state index is 11.6. The Kier molecular flexibility index (Phi) is 6.79. The topological polar surface area (TPSA) is 55.8 Å². The maximum atomic E-state index is 11.6. The van der Waals surface area contributed by atoms with Gasteiger partial charge in [0.05, 0.1) is 5.92 Å². The number of unbranched alkanes of at least 4 members (excludes halogenated alkanes) is 3. The van der Waals surface area contributed by atoms with Crippen LogP contribution < -0.4 is 0 Å². The van der Waals surface area contributed by atoms with E-state index in [0.717, 1.165) is 71.4 Å². The quantitative estimate of drug-likeness (QED) is 0.446. The Morgan fingerprint density at radius 3 is 2.62 bits per heavy atom. The van der Waals surface area contributed by atoms with E-state index in [9.17, 15) is 9.90 Å². The van der Waals surface area contributed by atoms with Gasteiger partial charge in [-0.3, -0.25) is 4.79 Å². The minimum absolute atomic E-state index is 0.0784. The molecule has 2 aliphatic carbocycles. The summed E-state index contributed by atoms with van der Waals surface area (Å²) in [5.41, 5.74) is 2.94. The summed E-state index contributed by atoms with van der Waals surface area (Å²) in [4.78, 5) is 11.6. The van der Waals surface area contributed by atoms with E-state index in [1.165, 1.54) is 24.0 Å². The van der Waals surface area contributed by atoms with Gasteiger partial charge < -0.3 is 14.6 Å². The number of carboxylic acid groups (broad SMARTS) is 1. The fourth-order valence-corrected chi connectivity index (χ4v) is 5.31. The molecule has 1 saturated carbocycles. The molecule has 0 amide bonds. The zero-order valence-electron chi connectivity index (χ0n) is 16.6. The molecule has 1 N–H and O–H groups in total. The van der Waals surface area contributed by atoms with Gasteiger partial charge in [-0.25, -0.2) is 0 Å². The molecule has 0 aromatic rings. The summed E-state index contributed by atoms with van der Waals surface area (Å²) >= 11 is 0. The molecule has 26 heavy (non-hydrogen) atoms. The summed E-state index contributed by atoms with van der Waals surface area (Å²) in [6, 6.07) is 0. The van der Waals surface area contributed by atoms with Gasteiger partial charge in [-0.05, 0) is 69.6 Å². The fourth-order valence-electron chi connectivity index (χ4n) is 5.31. The van der Waals surface area contributed by atoms with Crippen molar-refractivity contribution >= 4 is 5.97 Å². The molecule has 1 heterocycles. The van der Waals surface area contributed by atoms with E-state index in [0.29, 0.717) is 11.8 Å². The first kappa shape index (κ1) is 19.9. The van der Waals surface area contributed by atoms with Crippen molar-refractivity contribution in [2.24, 2.45) is 23.2 Å². The Morgan fingerprint density at radius 1 is 1.15 bits per heavy atom. The van der Waals surface area contributed by atoms with Gasteiger partial charge in [-0.15, -0.1) is 0 Å². The van der Waals surface area contributed by atoms with Gasteiger partial charge in [0, 0.05) is 26.4 Å². The van der Waals surface area contributed by atoms with Gasteiger partial charge in [-0.2, -0.15) is 0 Å². The summed E-state index contributed by atoms with van der Waals surface area (Å²) in [7, 11) is 0. The second kappa shape index (κ2) is 8.88. The van der Waals surface area contributed by atoms with Crippen molar-refractivity contribution in [2.75, 3.05) is 26.4 Å². The normalized spacial score (nSPS) is 31.8. The lowest BCUT2D eigenvalue weighted by atomic mass is 9.81. The van der Waals surface area contributed by atoms with Crippen LogP contribution in [0.1, 0.15) is 71.6 Å². The molecule has 2 fully saturated rings. The molecular weight excluding hydrogens is 328 g/mol. The average Bonchev–Trinajstić information content (AvgIpc) is 3.25. The fraction of sp³-hybridized carbons (Fsp3) is 0.864. The first-order chi connectivity index (χ1) is 12.5. The van der Waals surface area contributed by atoms with Gasteiger partial charge in [0.1, 0.15) is 0 Å². The first-order valence-electron chi connectivity index (χ1n) is 10.6. The van der Waals surface area contributed by atoms with Crippen LogP contribution >= 0.6 is 0 Å². The van der Waals surface area contributed by atoms with Crippen molar-refractivity contribution in [3.63, 3.8) is 0 Å². The number of ether oxygens (including phenoxy) is 2. The Balaban J connectivity index is 1.29. The van der Waals surface area contributed by atoms with E-state index in [4.69, 9.17) is 9.47 Å². The molecule has 3 rings (SSSR count). The van der Waals surface area contributed by atoms with Crippen LogP contribution in [0, 0.1) is 23.2 Å². The molecule has 0 aromatic heterocycles. The van der Waals surface area contributed by atoms with E-state index >= 15 is 0 Å². The molecule has 0 unspecified atom stereocenters. The number of carboxylic acids is 1. The van der Waals surface area contributed by atoms with Gasteiger partial charge >= 0.3 is 5.97 Å². The molecule has 3 aliphatic rings. The molecule has 0 spiro atoms. The molecule has 0 aromatic carbocycles. The predicted octanol–water partition coefficient (Wildman–Crippen LogP) is 4.83. The zero-order chi connectivity index (χ0) is 18.6. The second-order valence-electron chi connectivity index (χ2n) is 8.89. The number of aliphatic carboxylic acids is 1. The predicted molar refractivity (Wildman–Crippen MR) is 102 cm³/mol. The Morgan fingerprint density at radius 2 is 1.88 bits per heavy atom. The second-order valence-corrected chi connectivity index (χ2v) is 8.89. The van der Waals surface area contributed by atoms with E-state index in [1.807, 2.05) is 0 Å². The van der Waals surface area contributed by atoms with Gasteiger partial charge in [0.25, 0.3) is 0 Å². The first-order valence-corrected chi connectivity index (χ1v) is 10.6. The standard InChI is InChI=1S/C22H36O4/c1-16-13-19-20(21(23)24)22(19,14-17(16)2)9-5-3-4-6-10-26-15-18-7-11-25-12-8-18/h18-20H,3-15H2,1-2H3,(H,23,24)/t19-,20+,22-/m1/s1. The minimum atomic E-state index is -0.570. The van der Waals surface area contributed by atoms with E-state index in [2.05, 4.69) is 13.8 Å². The maximum Gasteiger partial charge on any atom is 0.307 e. The lowest BCUT2D eigenvalue weighted by molar-refractivity contribution is -0.139. The van der Waals surface area contributed by atoms with Gasteiger partial charge in [0.2, 0.25) is 0 Å². The third-order valence-corrected chi connectivity index (χ3v) is 7.14. The monoisotopic (exact) mass is 364 g/mol. The van der Waals surface area contributed by atoms with Crippen LogP contribution in [-0.4, -0.2) is 37.5 Å². The molecule has 148 valence electrons. The van der Waals surface area contributed by atoms with E-state index in [-0.39, 0.29) is 11.3 Å². The van der Waals surface area contributed by atoms with E-state index in [1.54, 1.807) is 0 Å². The molecule has 0 bridgehead atoms. The van der Waals surface area contributed by atoms with Crippen LogP contribution in [0.2, 0.25) is 0 Å². The Labute approximate surface area is 158 Å². The highest BCUT2D eigenvalue weighted by molar-refractivity contribution is 5.76. The summed E-state index contributed by atoms with van der Waals surface area (Å²) in [6.07, 6.45) is 10.1. The number of allylic oxidation sites excluding steroid dienone is 2. The minimum Gasteiger partial charge on any atom is -0.481 e. The molecular formula is C22H36O4. The van der Waals surface area contributed by atoms with Crippen LogP contribution in [0.4, 0.5) is 0 Å². The Hall–Kier alpha value is -0.870. The summed E-state index contributed by atoms with van der Waals surface area (Å²) in [5, 5.41) is 9.59. The van der Waals surface area contributed by atoms with Crippen LogP contribution in [0.25, 0.3) is 0 Å². The molecule has 4 heteroatoms. The molecule has 4 nitrogen and oxygen atoms in total. The van der Waals surface area contributed by atoms with Crippen LogP contribution in [0.15, 0.2) is 11.1 Å². The zero-order valence-corrected chi connectivity index (χ0v) is 16.6. The van der Waals surface area contributed by atoms with E-state index < -0.39 is 5.97 Å². The highest BCUT2D eigenvalue weighted by Crippen LogP contribution is 2.69. The number of hydrogen-bond donors (Lipinski definition) is 1. The molecule has 1 saturated heterocycles. The van der Waals surface area contributed by atoms with Gasteiger partial charge in [-0.1, -0.05) is 30.4 Å². The summed E-state index contributed by atoms with van der Waals surface area (Å²) in [5.74, 6) is 0.414. The van der Waals surface area contributed by atoms with Crippen LogP contribution in [0.3, 0.4) is 0 Å². The summed E-state index contributed by atoms with van der Waals surface area (Å²) < 4.78 is 11.2. The number of fused-ring (bicyclic) bond motifs is 1. The smallest absolute Gasteiger partial charge is 0.307 e. The largest absolute Gasteiger partial charge is 0.481 e. The molecule has 0 radical (unpaired) electrons. The Bertz CT molecular complexity index is 520. The van der Waals surface area contributed by atoms with Crippen LogP contribution in [0.5, 0.6) is 0 Å². The number of rotatable bonds is 10. The number of carbonyl (C=O) groups is 1. The highest BCUT2D eigenvalue weighted by Gasteiger charge is 2.67. The summed E-state index contributed by atoms with van der Waals surface area (Å²) in [6.45, 7) is 7.91. The van der Waals surface area contributed by atoms with Crippen molar-refractivity contribution in [3.8, 4) is 0 Å². The van der Waals surface area contributed by atoms with Crippen molar-refractivity contribution in [1.82, 2.24) is 0 Å². The SMILES string of the molecule is CC1=C(C)C[C@]2(CCCCCCOCC3CCOCC3)[C@H](C1)[C@H]2C(=O)O. The van der Waals surface area contributed by atoms with Crippen molar-refractivity contribution < 1.29 is 19.4 Å².